The average molecular weight is 429 g/mol. The summed E-state index contributed by atoms with van der Waals surface area (Å²) in [5.74, 6) is 0.268. The fraction of sp³-hybridized carbons (Fsp3) is 0.130. The molecule has 1 amide bonds. The summed E-state index contributed by atoms with van der Waals surface area (Å²) in [5, 5.41) is 16.9. The van der Waals surface area contributed by atoms with E-state index in [2.05, 4.69) is 32.7 Å². The number of fused-ring (bicyclic) bond motifs is 3. The maximum Gasteiger partial charge on any atom is 0.230 e. The molecule has 0 atom stereocenters. The molecular weight excluding hydrogens is 408 g/mol. The third kappa shape index (κ3) is 4.15. The quantitative estimate of drug-likeness (QED) is 0.402. The SMILES string of the molecule is O=C(CSc1nnc2c3cc(-c4ccccc4)nn3ccn12)NCCc1ccccc1. The summed E-state index contributed by atoms with van der Waals surface area (Å²) >= 11 is 1.37. The Morgan fingerprint density at radius 1 is 0.968 bits per heavy atom. The highest BCUT2D eigenvalue weighted by Crippen LogP contribution is 2.24. The van der Waals surface area contributed by atoms with E-state index in [0.29, 0.717) is 17.3 Å². The van der Waals surface area contributed by atoms with Crippen molar-refractivity contribution in [3.8, 4) is 11.3 Å². The van der Waals surface area contributed by atoms with Gasteiger partial charge in [0.05, 0.1) is 11.4 Å². The van der Waals surface area contributed by atoms with Crippen LogP contribution in [0.1, 0.15) is 5.56 Å². The van der Waals surface area contributed by atoms with Gasteiger partial charge in [-0.05, 0) is 18.1 Å². The van der Waals surface area contributed by atoms with Crippen molar-refractivity contribution < 1.29 is 4.79 Å². The lowest BCUT2D eigenvalue weighted by Gasteiger charge is -2.05. The summed E-state index contributed by atoms with van der Waals surface area (Å²) in [4.78, 5) is 12.2. The maximum absolute atomic E-state index is 12.2. The maximum atomic E-state index is 12.2. The van der Waals surface area contributed by atoms with Crippen LogP contribution in [0.3, 0.4) is 0 Å². The van der Waals surface area contributed by atoms with Crippen LogP contribution in [0.25, 0.3) is 22.4 Å². The molecule has 0 aliphatic carbocycles. The first-order valence-electron chi connectivity index (χ1n) is 10.00. The van der Waals surface area contributed by atoms with Gasteiger partial charge in [-0.25, -0.2) is 4.52 Å². The minimum Gasteiger partial charge on any atom is -0.355 e. The van der Waals surface area contributed by atoms with Gasteiger partial charge in [-0.2, -0.15) is 5.10 Å². The van der Waals surface area contributed by atoms with Crippen LogP contribution in [0, 0.1) is 0 Å². The highest BCUT2D eigenvalue weighted by molar-refractivity contribution is 7.99. The molecule has 0 unspecified atom stereocenters. The molecule has 0 radical (unpaired) electrons. The van der Waals surface area contributed by atoms with Gasteiger partial charge in [0.2, 0.25) is 5.91 Å². The van der Waals surface area contributed by atoms with Crippen LogP contribution >= 0.6 is 11.8 Å². The van der Waals surface area contributed by atoms with Crippen LogP contribution in [0.15, 0.2) is 84.3 Å². The molecule has 3 heterocycles. The zero-order chi connectivity index (χ0) is 21.0. The van der Waals surface area contributed by atoms with Crippen molar-refractivity contribution in [2.24, 2.45) is 0 Å². The van der Waals surface area contributed by atoms with Crippen LogP contribution in [0.4, 0.5) is 0 Å². The highest BCUT2D eigenvalue weighted by atomic mass is 32.2. The van der Waals surface area contributed by atoms with Crippen LogP contribution in [0.2, 0.25) is 0 Å². The number of benzene rings is 2. The van der Waals surface area contributed by atoms with E-state index in [-0.39, 0.29) is 11.7 Å². The Labute approximate surface area is 183 Å². The molecule has 0 aliphatic rings. The molecule has 0 saturated heterocycles. The van der Waals surface area contributed by atoms with Gasteiger partial charge in [0.25, 0.3) is 0 Å². The summed E-state index contributed by atoms with van der Waals surface area (Å²) in [6, 6.07) is 22.1. The summed E-state index contributed by atoms with van der Waals surface area (Å²) in [7, 11) is 0. The van der Waals surface area contributed by atoms with E-state index in [0.717, 1.165) is 23.2 Å². The Morgan fingerprint density at radius 3 is 2.55 bits per heavy atom. The van der Waals surface area contributed by atoms with E-state index in [1.54, 1.807) is 4.52 Å². The number of hydrogen-bond donors (Lipinski definition) is 1. The van der Waals surface area contributed by atoms with E-state index in [9.17, 15) is 4.79 Å². The first-order chi connectivity index (χ1) is 15.3. The summed E-state index contributed by atoms with van der Waals surface area (Å²) in [5.41, 5.74) is 4.71. The minimum atomic E-state index is -0.0190. The average Bonchev–Trinajstić information content (AvgIpc) is 3.43. The van der Waals surface area contributed by atoms with Gasteiger partial charge in [0, 0.05) is 24.5 Å². The first-order valence-corrected chi connectivity index (χ1v) is 11.0. The molecule has 3 aromatic heterocycles. The predicted molar refractivity (Wildman–Crippen MR) is 121 cm³/mol. The second-order valence-corrected chi connectivity index (χ2v) is 8.02. The summed E-state index contributed by atoms with van der Waals surface area (Å²) in [6.45, 7) is 0.614. The third-order valence-electron chi connectivity index (χ3n) is 4.97. The zero-order valence-corrected chi connectivity index (χ0v) is 17.5. The number of carbonyl (C=O) groups excluding carboxylic acids is 1. The van der Waals surface area contributed by atoms with Gasteiger partial charge >= 0.3 is 0 Å². The predicted octanol–water partition coefficient (Wildman–Crippen LogP) is 3.50. The Kier molecular flexibility index (Phi) is 5.37. The lowest BCUT2D eigenvalue weighted by Crippen LogP contribution is -2.27. The fourth-order valence-corrected chi connectivity index (χ4v) is 4.16. The number of hydrogen-bond acceptors (Lipinski definition) is 5. The zero-order valence-electron chi connectivity index (χ0n) is 16.7. The second kappa shape index (κ2) is 8.61. The molecule has 0 saturated carbocycles. The summed E-state index contributed by atoms with van der Waals surface area (Å²) < 4.78 is 3.70. The number of rotatable bonds is 7. The van der Waals surface area contributed by atoms with Crippen molar-refractivity contribution in [2.75, 3.05) is 12.3 Å². The van der Waals surface area contributed by atoms with E-state index in [4.69, 9.17) is 0 Å². The number of amides is 1. The first kappa shape index (κ1) is 19.3. The lowest BCUT2D eigenvalue weighted by atomic mass is 10.1. The molecule has 0 spiro atoms. The number of aromatic nitrogens is 5. The summed E-state index contributed by atoms with van der Waals surface area (Å²) in [6.07, 6.45) is 4.57. The number of nitrogens with zero attached hydrogens (tertiary/aromatic N) is 5. The molecule has 154 valence electrons. The van der Waals surface area contributed by atoms with Gasteiger partial charge in [0.15, 0.2) is 10.8 Å². The topological polar surface area (TPSA) is 76.6 Å². The van der Waals surface area contributed by atoms with Crippen LogP contribution < -0.4 is 5.32 Å². The Morgan fingerprint density at radius 2 is 1.74 bits per heavy atom. The number of nitrogens with one attached hydrogen (secondary N) is 1. The molecule has 0 fully saturated rings. The molecule has 2 aromatic carbocycles. The van der Waals surface area contributed by atoms with Crippen molar-refractivity contribution in [3.05, 3.63) is 84.7 Å². The standard InChI is InChI=1S/C23H20N6OS/c30-21(24-12-11-17-7-3-1-4-8-17)16-31-23-26-25-22-20-15-19(18-9-5-2-6-10-18)27-29(20)14-13-28(22)23/h1-10,13-15H,11-12,16H2,(H,24,30). The molecule has 0 aliphatic heterocycles. The van der Waals surface area contributed by atoms with Crippen molar-refractivity contribution in [1.82, 2.24) is 29.5 Å². The normalized spacial score (nSPS) is 11.2. The van der Waals surface area contributed by atoms with Crippen LogP contribution in [-0.4, -0.2) is 42.4 Å². The Hall–Kier alpha value is -3.65. The largest absolute Gasteiger partial charge is 0.355 e. The second-order valence-electron chi connectivity index (χ2n) is 7.07. The Balaban J connectivity index is 1.27. The molecule has 5 aromatic rings. The van der Waals surface area contributed by atoms with Gasteiger partial charge < -0.3 is 5.32 Å². The van der Waals surface area contributed by atoms with Gasteiger partial charge in [-0.3, -0.25) is 9.20 Å². The fourth-order valence-electron chi connectivity index (χ4n) is 3.41. The Bertz CT molecular complexity index is 1330. The number of thioether (sulfide) groups is 1. The molecule has 7 nitrogen and oxygen atoms in total. The van der Waals surface area contributed by atoms with E-state index in [1.165, 1.54) is 17.3 Å². The van der Waals surface area contributed by atoms with Crippen LogP contribution in [-0.2, 0) is 11.2 Å². The lowest BCUT2D eigenvalue weighted by molar-refractivity contribution is -0.118. The van der Waals surface area contributed by atoms with Gasteiger partial charge in [-0.1, -0.05) is 72.4 Å². The van der Waals surface area contributed by atoms with E-state index < -0.39 is 0 Å². The minimum absolute atomic E-state index is 0.0190. The van der Waals surface area contributed by atoms with Gasteiger partial charge in [-0.15, -0.1) is 10.2 Å². The van der Waals surface area contributed by atoms with E-state index >= 15 is 0 Å². The monoisotopic (exact) mass is 428 g/mol. The highest BCUT2D eigenvalue weighted by Gasteiger charge is 2.14. The van der Waals surface area contributed by atoms with Crippen molar-refractivity contribution >= 4 is 28.8 Å². The smallest absolute Gasteiger partial charge is 0.230 e. The number of carbonyl (C=O) groups is 1. The molecule has 0 bridgehead atoms. The van der Waals surface area contributed by atoms with E-state index in [1.807, 2.05) is 71.4 Å². The van der Waals surface area contributed by atoms with Gasteiger partial charge in [0.1, 0.15) is 5.52 Å². The van der Waals surface area contributed by atoms with Crippen molar-refractivity contribution in [2.45, 2.75) is 11.6 Å². The van der Waals surface area contributed by atoms with Crippen molar-refractivity contribution in [1.29, 1.82) is 0 Å². The molecule has 5 rings (SSSR count). The third-order valence-corrected chi connectivity index (χ3v) is 5.91. The van der Waals surface area contributed by atoms with Crippen molar-refractivity contribution in [3.63, 3.8) is 0 Å². The van der Waals surface area contributed by atoms with Crippen LogP contribution in [0.5, 0.6) is 0 Å². The molecule has 8 heteroatoms. The molecule has 1 N–H and O–H groups in total. The molecular formula is C23H20N6OS. The molecule has 31 heavy (non-hydrogen) atoms.